The lowest BCUT2D eigenvalue weighted by molar-refractivity contribution is 0.192. The molecule has 3 aromatic rings. The van der Waals surface area contributed by atoms with Crippen LogP contribution in [0, 0.1) is 0 Å². The number of aromatic nitrogens is 1. The van der Waals surface area contributed by atoms with Crippen molar-refractivity contribution in [2.75, 3.05) is 21.3 Å². The van der Waals surface area contributed by atoms with Gasteiger partial charge in [0.1, 0.15) is 5.52 Å². The molecule has 1 aliphatic heterocycles. The van der Waals surface area contributed by atoms with Crippen LogP contribution in [-0.4, -0.2) is 32.4 Å². The fraction of sp³-hybridized carbons (Fsp3) is 0.200. The van der Waals surface area contributed by atoms with E-state index in [1.807, 2.05) is 36.4 Å². The van der Waals surface area contributed by atoms with E-state index in [1.165, 1.54) is 0 Å². The summed E-state index contributed by atoms with van der Waals surface area (Å²) in [6.07, 6.45) is 1.13. The van der Waals surface area contributed by atoms with E-state index >= 15 is 0 Å². The topological polar surface area (TPSA) is 78.9 Å². The zero-order chi connectivity index (χ0) is 19.0. The smallest absolute Gasteiger partial charge is 0.413 e. The van der Waals surface area contributed by atoms with Crippen LogP contribution >= 0.6 is 0 Å². The molecule has 1 aliphatic rings. The molecular formula is C20H18N2O5. The number of nitrogens with one attached hydrogen (secondary N) is 1. The highest BCUT2D eigenvalue weighted by atomic mass is 16.6. The SMILES string of the molecule is COc1cc(C2NC(=O)Oc3c2ccc2cccnc32)cc(OC)c1OC. The summed E-state index contributed by atoms with van der Waals surface area (Å²) in [5.74, 6) is 1.96. The molecule has 7 heteroatoms. The zero-order valence-corrected chi connectivity index (χ0v) is 15.1. The molecule has 0 aliphatic carbocycles. The van der Waals surface area contributed by atoms with Crippen molar-refractivity contribution in [2.45, 2.75) is 6.04 Å². The highest BCUT2D eigenvalue weighted by Gasteiger charge is 2.31. The van der Waals surface area contributed by atoms with E-state index in [4.69, 9.17) is 18.9 Å². The maximum absolute atomic E-state index is 12.2. The number of methoxy groups -OCH3 is 3. The lowest BCUT2D eigenvalue weighted by Gasteiger charge is -2.28. The number of hydrogen-bond donors (Lipinski definition) is 1. The number of carbonyl (C=O) groups excluding carboxylic acids is 1. The number of amides is 1. The van der Waals surface area contributed by atoms with Crippen LogP contribution in [0.1, 0.15) is 17.2 Å². The Bertz CT molecular complexity index is 1010. The van der Waals surface area contributed by atoms with Gasteiger partial charge in [-0.2, -0.15) is 0 Å². The number of ether oxygens (including phenoxy) is 4. The number of pyridine rings is 1. The summed E-state index contributed by atoms with van der Waals surface area (Å²) in [5, 5.41) is 3.75. The summed E-state index contributed by atoms with van der Waals surface area (Å²) in [6.45, 7) is 0. The Morgan fingerprint density at radius 1 is 1.04 bits per heavy atom. The van der Waals surface area contributed by atoms with Gasteiger partial charge in [0.2, 0.25) is 5.75 Å². The molecule has 2 heterocycles. The third-order valence-electron chi connectivity index (χ3n) is 4.55. The van der Waals surface area contributed by atoms with Crippen LogP contribution in [0.25, 0.3) is 10.9 Å². The van der Waals surface area contributed by atoms with Crippen LogP contribution in [0.5, 0.6) is 23.0 Å². The summed E-state index contributed by atoms with van der Waals surface area (Å²) in [7, 11) is 4.65. The first-order chi connectivity index (χ1) is 13.2. The van der Waals surface area contributed by atoms with E-state index in [0.717, 1.165) is 16.5 Å². The monoisotopic (exact) mass is 366 g/mol. The minimum absolute atomic E-state index is 0.443. The Hall–Kier alpha value is -3.48. The number of nitrogens with zero attached hydrogens (tertiary/aromatic N) is 1. The molecule has 138 valence electrons. The maximum Gasteiger partial charge on any atom is 0.413 e. The highest BCUT2D eigenvalue weighted by Crippen LogP contribution is 2.44. The Kier molecular flexibility index (Phi) is 4.19. The van der Waals surface area contributed by atoms with Gasteiger partial charge >= 0.3 is 6.09 Å². The predicted molar refractivity (Wildman–Crippen MR) is 98.8 cm³/mol. The Morgan fingerprint density at radius 3 is 2.44 bits per heavy atom. The van der Waals surface area contributed by atoms with Crippen LogP contribution < -0.4 is 24.3 Å². The summed E-state index contributed by atoms with van der Waals surface area (Å²) in [4.78, 5) is 16.6. The molecule has 0 bridgehead atoms. The van der Waals surface area contributed by atoms with E-state index in [2.05, 4.69) is 10.3 Å². The van der Waals surface area contributed by atoms with Gasteiger partial charge in [0.25, 0.3) is 0 Å². The molecule has 7 nitrogen and oxygen atoms in total. The molecule has 0 saturated carbocycles. The molecule has 27 heavy (non-hydrogen) atoms. The van der Waals surface area contributed by atoms with Gasteiger partial charge in [0.15, 0.2) is 17.2 Å². The van der Waals surface area contributed by atoms with Gasteiger partial charge in [-0.1, -0.05) is 18.2 Å². The average molecular weight is 366 g/mol. The van der Waals surface area contributed by atoms with Gasteiger partial charge in [-0.05, 0) is 23.8 Å². The lowest BCUT2D eigenvalue weighted by Crippen LogP contribution is -2.36. The molecule has 4 rings (SSSR count). The summed E-state index contributed by atoms with van der Waals surface area (Å²) in [5.41, 5.74) is 2.22. The van der Waals surface area contributed by atoms with Crippen molar-refractivity contribution in [3.8, 4) is 23.0 Å². The van der Waals surface area contributed by atoms with Crippen LogP contribution in [0.3, 0.4) is 0 Å². The number of carbonyl (C=O) groups is 1. The fourth-order valence-electron chi connectivity index (χ4n) is 3.32. The summed E-state index contributed by atoms with van der Waals surface area (Å²) in [6, 6.07) is 10.8. The zero-order valence-electron chi connectivity index (χ0n) is 15.1. The second kappa shape index (κ2) is 6.68. The van der Waals surface area contributed by atoms with Crippen LogP contribution in [0.15, 0.2) is 42.6 Å². The number of hydrogen-bond acceptors (Lipinski definition) is 6. The second-order valence-electron chi connectivity index (χ2n) is 5.98. The molecule has 1 unspecified atom stereocenters. The van der Waals surface area contributed by atoms with Crippen molar-refractivity contribution in [3.05, 3.63) is 53.7 Å². The van der Waals surface area contributed by atoms with E-state index in [1.54, 1.807) is 27.5 Å². The van der Waals surface area contributed by atoms with Gasteiger partial charge in [-0.3, -0.25) is 4.98 Å². The molecule has 1 atom stereocenters. The lowest BCUT2D eigenvalue weighted by atomic mass is 9.95. The summed E-state index contributed by atoms with van der Waals surface area (Å²) < 4.78 is 21.7. The molecule has 0 fully saturated rings. The number of rotatable bonds is 4. The third-order valence-corrected chi connectivity index (χ3v) is 4.55. The minimum atomic E-state index is -0.542. The Labute approximate surface area is 155 Å². The Morgan fingerprint density at radius 2 is 1.78 bits per heavy atom. The molecular weight excluding hydrogens is 348 g/mol. The third kappa shape index (κ3) is 2.77. The summed E-state index contributed by atoms with van der Waals surface area (Å²) >= 11 is 0. The van der Waals surface area contributed by atoms with Crippen LogP contribution in [-0.2, 0) is 0 Å². The minimum Gasteiger partial charge on any atom is -0.493 e. The van der Waals surface area contributed by atoms with Crippen molar-refractivity contribution in [2.24, 2.45) is 0 Å². The largest absolute Gasteiger partial charge is 0.493 e. The average Bonchev–Trinajstić information content (AvgIpc) is 2.71. The van der Waals surface area contributed by atoms with E-state index in [9.17, 15) is 4.79 Å². The molecule has 0 spiro atoms. The Balaban J connectivity index is 1.91. The van der Waals surface area contributed by atoms with Crippen molar-refractivity contribution in [3.63, 3.8) is 0 Å². The van der Waals surface area contributed by atoms with Crippen molar-refractivity contribution in [1.29, 1.82) is 0 Å². The van der Waals surface area contributed by atoms with Gasteiger partial charge in [0, 0.05) is 17.1 Å². The molecule has 0 saturated heterocycles. The van der Waals surface area contributed by atoms with E-state index < -0.39 is 12.1 Å². The first-order valence-electron chi connectivity index (χ1n) is 8.32. The molecule has 0 radical (unpaired) electrons. The van der Waals surface area contributed by atoms with Gasteiger partial charge in [-0.15, -0.1) is 0 Å². The van der Waals surface area contributed by atoms with E-state index in [-0.39, 0.29) is 0 Å². The van der Waals surface area contributed by atoms with Gasteiger partial charge in [-0.25, -0.2) is 4.79 Å². The first-order valence-corrected chi connectivity index (χ1v) is 8.32. The van der Waals surface area contributed by atoms with Gasteiger partial charge in [0.05, 0.1) is 27.4 Å². The van der Waals surface area contributed by atoms with Crippen molar-refractivity contribution < 1.29 is 23.7 Å². The van der Waals surface area contributed by atoms with E-state index in [0.29, 0.717) is 28.5 Å². The molecule has 1 aromatic heterocycles. The first kappa shape index (κ1) is 17.0. The highest BCUT2D eigenvalue weighted by molar-refractivity contribution is 5.90. The standard InChI is InChI=1S/C20H18N2O5/c1-24-14-9-12(10-15(25-2)19(14)26-3)16-13-7-6-11-5-4-8-21-17(11)18(13)27-20(23)22-16/h4-10,16H,1-3H3,(H,22,23). The quantitative estimate of drug-likeness (QED) is 0.762. The fourth-order valence-corrected chi connectivity index (χ4v) is 3.32. The number of benzene rings is 2. The van der Waals surface area contributed by atoms with Crippen LogP contribution in [0.4, 0.5) is 4.79 Å². The van der Waals surface area contributed by atoms with Crippen molar-refractivity contribution >= 4 is 17.0 Å². The van der Waals surface area contributed by atoms with Crippen molar-refractivity contribution in [1.82, 2.24) is 10.3 Å². The van der Waals surface area contributed by atoms with Crippen LogP contribution in [0.2, 0.25) is 0 Å². The number of fused-ring (bicyclic) bond motifs is 3. The second-order valence-corrected chi connectivity index (χ2v) is 5.98. The molecule has 2 aromatic carbocycles. The van der Waals surface area contributed by atoms with Gasteiger partial charge < -0.3 is 24.3 Å². The normalized spacial score (nSPS) is 15.5. The molecule has 1 N–H and O–H groups in total. The predicted octanol–water partition coefficient (Wildman–Crippen LogP) is 3.45. The molecule has 1 amide bonds. The maximum atomic E-state index is 12.2.